The van der Waals surface area contributed by atoms with E-state index in [1.165, 1.54) is 32.1 Å². The summed E-state index contributed by atoms with van der Waals surface area (Å²) in [6.07, 6.45) is 7.55. The summed E-state index contributed by atoms with van der Waals surface area (Å²) < 4.78 is 5.46. The number of hydrogen-bond acceptors (Lipinski definition) is 4. The maximum absolute atomic E-state index is 5.46. The maximum atomic E-state index is 5.46. The van der Waals surface area contributed by atoms with E-state index in [1.54, 1.807) is 0 Å². The lowest BCUT2D eigenvalue weighted by molar-refractivity contribution is 0.310. The van der Waals surface area contributed by atoms with E-state index in [1.807, 2.05) is 0 Å². The molecule has 0 bridgehead atoms. The van der Waals surface area contributed by atoms with E-state index in [9.17, 15) is 0 Å². The largest absolute Gasteiger partial charge is 0.339 e. The predicted molar refractivity (Wildman–Crippen MR) is 62.6 cm³/mol. The summed E-state index contributed by atoms with van der Waals surface area (Å²) in [5.74, 6) is 3.26. The van der Waals surface area contributed by atoms with Gasteiger partial charge in [-0.05, 0) is 56.5 Å². The highest BCUT2D eigenvalue weighted by Crippen LogP contribution is 2.63. The Morgan fingerprint density at radius 3 is 2.88 bits per heavy atom. The average Bonchev–Trinajstić information content (AvgIpc) is 3.22. The fraction of sp³-hybridized carbons (Fsp3) is 0.846. The topological polar surface area (TPSA) is 51.0 Å². The van der Waals surface area contributed by atoms with Crippen molar-refractivity contribution >= 4 is 0 Å². The van der Waals surface area contributed by atoms with Crippen molar-refractivity contribution in [2.24, 2.45) is 11.3 Å². The van der Waals surface area contributed by atoms with Gasteiger partial charge in [-0.25, -0.2) is 0 Å². The third kappa shape index (κ3) is 1.79. The number of rotatable bonds is 3. The Morgan fingerprint density at radius 1 is 1.29 bits per heavy atom. The van der Waals surface area contributed by atoms with Gasteiger partial charge in [-0.3, -0.25) is 0 Å². The summed E-state index contributed by atoms with van der Waals surface area (Å²) in [7, 11) is 0. The van der Waals surface area contributed by atoms with Gasteiger partial charge in [0.25, 0.3) is 0 Å². The molecule has 2 aliphatic carbocycles. The quantitative estimate of drug-likeness (QED) is 0.866. The van der Waals surface area contributed by atoms with Gasteiger partial charge in [0, 0.05) is 12.3 Å². The molecule has 1 spiro atoms. The molecule has 2 saturated carbocycles. The van der Waals surface area contributed by atoms with E-state index >= 15 is 0 Å². The van der Waals surface area contributed by atoms with Gasteiger partial charge in [-0.2, -0.15) is 4.98 Å². The van der Waals surface area contributed by atoms with Crippen LogP contribution in [0.1, 0.15) is 49.7 Å². The van der Waals surface area contributed by atoms with Crippen molar-refractivity contribution in [3.8, 4) is 0 Å². The molecule has 2 heterocycles. The van der Waals surface area contributed by atoms with Crippen LogP contribution >= 0.6 is 0 Å². The molecule has 1 saturated heterocycles. The number of nitrogens with zero attached hydrogens (tertiary/aromatic N) is 2. The van der Waals surface area contributed by atoms with Crippen LogP contribution in [-0.4, -0.2) is 23.2 Å². The molecule has 1 aliphatic heterocycles. The second-order valence-electron chi connectivity index (χ2n) is 6.07. The van der Waals surface area contributed by atoms with E-state index in [2.05, 4.69) is 15.5 Å². The first-order chi connectivity index (χ1) is 8.36. The molecule has 0 aromatic carbocycles. The highest BCUT2D eigenvalue weighted by Gasteiger charge is 2.57. The van der Waals surface area contributed by atoms with Crippen molar-refractivity contribution in [1.82, 2.24) is 15.5 Å². The minimum absolute atomic E-state index is 0.509. The van der Waals surface area contributed by atoms with Gasteiger partial charge in [0.05, 0.1) is 0 Å². The molecule has 1 aromatic heterocycles. The van der Waals surface area contributed by atoms with Gasteiger partial charge < -0.3 is 9.84 Å². The lowest BCUT2D eigenvalue weighted by Crippen LogP contribution is -2.29. The number of hydrogen-bond donors (Lipinski definition) is 1. The van der Waals surface area contributed by atoms with Crippen molar-refractivity contribution < 1.29 is 4.52 Å². The summed E-state index contributed by atoms with van der Waals surface area (Å²) in [6.45, 7) is 2.30. The summed E-state index contributed by atoms with van der Waals surface area (Å²) >= 11 is 0. The molecule has 0 amide bonds. The lowest BCUT2D eigenvalue weighted by atomic mass is 9.92. The summed E-state index contributed by atoms with van der Waals surface area (Å²) in [6, 6.07) is 0. The molecular formula is C13H19N3O. The summed E-state index contributed by atoms with van der Waals surface area (Å²) in [4.78, 5) is 4.60. The highest BCUT2D eigenvalue weighted by atomic mass is 16.5. The minimum atomic E-state index is 0.509. The predicted octanol–water partition coefficient (Wildman–Crippen LogP) is 1.88. The maximum Gasteiger partial charge on any atom is 0.230 e. The molecule has 4 nitrogen and oxygen atoms in total. The molecule has 1 aromatic rings. The van der Waals surface area contributed by atoms with E-state index in [-0.39, 0.29) is 0 Å². The molecule has 4 rings (SSSR count). The van der Waals surface area contributed by atoms with E-state index in [0.717, 1.165) is 37.1 Å². The Kier molecular flexibility index (Phi) is 2.10. The van der Waals surface area contributed by atoms with Crippen LogP contribution in [0.5, 0.6) is 0 Å². The van der Waals surface area contributed by atoms with E-state index in [4.69, 9.17) is 4.52 Å². The third-order valence-corrected chi connectivity index (χ3v) is 4.74. The second kappa shape index (κ2) is 3.55. The molecule has 1 unspecified atom stereocenters. The Balaban J connectivity index is 1.46. The van der Waals surface area contributed by atoms with E-state index in [0.29, 0.717) is 11.3 Å². The molecule has 3 aliphatic rings. The normalized spacial score (nSPS) is 30.7. The minimum Gasteiger partial charge on any atom is -0.339 e. The molecule has 1 atom stereocenters. The first kappa shape index (κ1) is 10.1. The van der Waals surface area contributed by atoms with Gasteiger partial charge in [0.2, 0.25) is 5.89 Å². The van der Waals surface area contributed by atoms with Crippen molar-refractivity contribution in [3.05, 3.63) is 11.7 Å². The Hall–Kier alpha value is -0.900. The first-order valence-electron chi connectivity index (χ1n) is 6.89. The Morgan fingerprint density at radius 2 is 2.12 bits per heavy atom. The molecule has 0 radical (unpaired) electrons. The van der Waals surface area contributed by atoms with E-state index < -0.39 is 0 Å². The smallest absolute Gasteiger partial charge is 0.230 e. The standard InChI is InChI=1S/C13H19N3O/c1-2-9(1)7-11-15-12(17-16-11)10-8-13(10)3-5-14-6-4-13/h9-10,14H,1-8H2. The fourth-order valence-electron chi connectivity index (χ4n) is 3.25. The zero-order valence-corrected chi connectivity index (χ0v) is 10.1. The van der Waals surface area contributed by atoms with Gasteiger partial charge >= 0.3 is 0 Å². The zero-order chi connectivity index (χ0) is 11.3. The first-order valence-corrected chi connectivity index (χ1v) is 6.89. The van der Waals surface area contributed by atoms with Crippen molar-refractivity contribution in [3.63, 3.8) is 0 Å². The Labute approximate surface area is 101 Å². The van der Waals surface area contributed by atoms with Crippen molar-refractivity contribution in [2.45, 2.75) is 44.4 Å². The molecule has 3 fully saturated rings. The SMILES string of the molecule is C1CC2(CCN1)CC2c1nc(CC2CC2)no1. The molecule has 4 heteroatoms. The van der Waals surface area contributed by atoms with Crippen LogP contribution in [-0.2, 0) is 6.42 Å². The number of nitrogens with one attached hydrogen (secondary N) is 1. The fourth-order valence-corrected chi connectivity index (χ4v) is 3.25. The van der Waals surface area contributed by atoms with Crippen LogP contribution in [0, 0.1) is 11.3 Å². The molecule has 17 heavy (non-hydrogen) atoms. The van der Waals surface area contributed by atoms with Crippen LogP contribution in [0.4, 0.5) is 0 Å². The average molecular weight is 233 g/mol. The highest BCUT2D eigenvalue weighted by molar-refractivity contribution is 5.18. The molecule has 1 N–H and O–H groups in total. The number of piperidine rings is 1. The van der Waals surface area contributed by atoms with Crippen LogP contribution in [0.25, 0.3) is 0 Å². The molecular weight excluding hydrogens is 214 g/mol. The van der Waals surface area contributed by atoms with Gasteiger partial charge in [-0.1, -0.05) is 5.16 Å². The monoisotopic (exact) mass is 233 g/mol. The van der Waals surface area contributed by atoms with Gasteiger partial charge in [-0.15, -0.1) is 0 Å². The van der Waals surface area contributed by atoms with Crippen LogP contribution in [0.15, 0.2) is 4.52 Å². The van der Waals surface area contributed by atoms with Crippen molar-refractivity contribution in [2.75, 3.05) is 13.1 Å². The van der Waals surface area contributed by atoms with Crippen LogP contribution < -0.4 is 5.32 Å². The third-order valence-electron chi connectivity index (χ3n) is 4.74. The van der Waals surface area contributed by atoms with Crippen molar-refractivity contribution in [1.29, 1.82) is 0 Å². The van der Waals surface area contributed by atoms with Crippen LogP contribution in [0.2, 0.25) is 0 Å². The Bertz CT molecular complexity index is 418. The molecule has 92 valence electrons. The van der Waals surface area contributed by atoms with Gasteiger partial charge in [0.1, 0.15) is 0 Å². The zero-order valence-electron chi connectivity index (χ0n) is 10.1. The lowest BCUT2D eigenvalue weighted by Gasteiger charge is -2.22. The number of aromatic nitrogens is 2. The van der Waals surface area contributed by atoms with Gasteiger partial charge in [0.15, 0.2) is 5.82 Å². The summed E-state index contributed by atoms with van der Waals surface area (Å²) in [5, 5.41) is 7.56. The summed E-state index contributed by atoms with van der Waals surface area (Å²) in [5.41, 5.74) is 0.509. The second-order valence-corrected chi connectivity index (χ2v) is 6.07. The van der Waals surface area contributed by atoms with Crippen LogP contribution in [0.3, 0.4) is 0 Å².